The third kappa shape index (κ3) is 12.6. The van der Waals surface area contributed by atoms with Crippen molar-refractivity contribution in [2.24, 2.45) is 0 Å². The van der Waals surface area contributed by atoms with Gasteiger partial charge in [-0.2, -0.15) is 0 Å². The monoisotopic (exact) mass is 772 g/mol. The van der Waals surface area contributed by atoms with Gasteiger partial charge in [-0.3, -0.25) is 0 Å². The molecule has 44 heavy (non-hydrogen) atoms. The first-order valence-electron chi connectivity index (χ1n) is 17.5. The first-order chi connectivity index (χ1) is 18.0. The molecule has 7 heteroatoms. The Balaban J connectivity index is -0.000000666. The maximum atomic E-state index is 2.80. The van der Waals surface area contributed by atoms with Gasteiger partial charge >= 0.3 is 0 Å². The van der Waals surface area contributed by atoms with Crippen molar-refractivity contribution >= 4 is 66.0 Å². The van der Waals surface area contributed by atoms with Crippen molar-refractivity contribution in [3.63, 3.8) is 0 Å². The molecule has 0 unspecified atom stereocenters. The molecule has 0 nitrogen and oxygen atoms in total. The van der Waals surface area contributed by atoms with Crippen molar-refractivity contribution in [1.29, 1.82) is 0 Å². The molecule has 0 aromatic rings. The molecule has 0 aliphatic carbocycles. The average Bonchev–Trinajstić information content (AvgIpc) is 3.47. The van der Waals surface area contributed by atoms with Crippen LogP contribution in [0, 0.1) is 0 Å². The summed E-state index contributed by atoms with van der Waals surface area (Å²) < 4.78 is 0. The minimum Gasteiger partial charge on any atom is -0.0732 e. The number of hydrogen-bond acceptors (Lipinski definition) is 0. The van der Waals surface area contributed by atoms with Gasteiger partial charge in [0.25, 0.3) is 0 Å². The van der Waals surface area contributed by atoms with Crippen LogP contribution in [0.1, 0.15) is 166 Å². The van der Waals surface area contributed by atoms with E-state index >= 15 is 0 Å². The molecule has 0 saturated carbocycles. The largest absolute Gasteiger partial charge is 0.0732 e. The van der Waals surface area contributed by atoms with E-state index in [1.54, 1.807) is 5.67 Å². The summed E-state index contributed by atoms with van der Waals surface area (Å²) in [5.74, 6) is 0. The molecule has 0 spiro atoms. The van der Waals surface area contributed by atoms with Gasteiger partial charge in [0.15, 0.2) is 0 Å². The smallest absolute Gasteiger partial charge is 0.0561 e. The van der Waals surface area contributed by atoms with Gasteiger partial charge in [-0.25, -0.2) is 0 Å². The van der Waals surface area contributed by atoms with E-state index in [-0.39, 0.29) is 50.9 Å². The Morgan fingerprint density at radius 1 is 0.364 bits per heavy atom. The van der Waals surface area contributed by atoms with Crippen LogP contribution < -0.4 is 0 Å². The van der Waals surface area contributed by atoms with Crippen LogP contribution in [-0.4, -0.2) is 66.0 Å². The molecule has 262 valence electrons. The molecule has 1 aliphatic rings. The first kappa shape index (κ1) is 50.2. The Kier molecular flexibility index (Phi) is 17.6. The second-order valence-corrected chi connectivity index (χ2v) is 61.2. The van der Waals surface area contributed by atoms with Crippen LogP contribution in [0.4, 0.5) is 0 Å². The van der Waals surface area contributed by atoms with Crippen LogP contribution in [-0.2, 0) is 0 Å². The van der Waals surface area contributed by atoms with E-state index in [1.807, 2.05) is 0 Å². The first-order valence-corrected chi connectivity index (χ1v) is 32.9. The molecule has 0 N–H and O–H groups in total. The van der Waals surface area contributed by atoms with Crippen molar-refractivity contribution in [3.8, 4) is 0 Å². The topological polar surface area (TPSA) is 0 Å². The zero-order chi connectivity index (χ0) is 36.0. The molecule has 1 rings (SSSR count). The molecule has 0 atom stereocenters. The molecular formula is C37H86GeSi6. The second-order valence-electron chi connectivity index (χ2n) is 22.6. The van der Waals surface area contributed by atoms with Crippen LogP contribution in [0.2, 0.25) is 72.2 Å². The third-order valence-electron chi connectivity index (χ3n) is 12.3. The van der Waals surface area contributed by atoms with Gasteiger partial charge in [-0.1, -0.05) is 198 Å². The Morgan fingerprint density at radius 3 is 0.568 bits per heavy atom. The van der Waals surface area contributed by atoms with E-state index in [2.05, 4.69) is 192 Å². The van der Waals surface area contributed by atoms with E-state index in [0.717, 1.165) is 0 Å². The second kappa shape index (κ2) is 15.4. The van der Waals surface area contributed by atoms with Gasteiger partial charge in [0.1, 0.15) is 0 Å². The third-order valence-corrected chi connectivity index (χ3v) is 76.6. The van der Waals surface area contributed by atoms with Crippen LogP contribution in [0.25, 0.3) is 0 Å². The maximum Gasteiger partial charge on any atom is 0.0561 e. The molecule has 8 radical (unpaired) electrons. The fraction of sp³-hybridized carbons (Fsp3) is 1.00. The number of rotatable bonds is 2. The van der Waals surface area contributed by atoms with Gasteiger partial charge < -0.3 is 0 Å². The van der Waals surface area contributed by atoms with Crippen molar-refractivity contribution in [2.75, 3.05) is 0 Å². The zero-order valence-corrected chi connectivity index (χ0v) is 44.3. The quantitative estimate of drug-likeness (QED) is 0.245. The van der Waals surface area contributed by atoms with E-state index < -0.39 is 15.2 Å². The molecule has 0 aromatic heterocycles. The zero-order valence-electron chi connectivity index (χ0n) is 36.2. The minimum atomic E-state index is -1.27. The maximum absolute atomic E-state index is 2.80. The summed E-state index contributed by atoms with van der Waals surface area (Å²) in [5, 5.41) is 4.39. The van der Waals surface area contributed by atoms with Crippen LogP contribution in [0.15, 0.2) is 0 Å². The summed E-state index contributed by atoms with van der Waals surface area (Å²) in [6.07, 6.45) is 0. The molecule has 1 fully saturated rings. The van der Waals surface area contributed by atoms with E-state index in [4.69, 9.17) is 0 Å². The molecule has 1 saturated heterocycles. The summed E-state index contributed by atoms with van der Waals surface area (Å²) >= 11 is 0. The summed E-state index contributed by atoms with van der Waals surface area (Å²) in [5.41, 5.74) is 1.73. The molecule has 1 heterocycles. The average molecular weight is 772 g/mol. The summed E-state index contributed by atoms with van der Waals surface area (Å²) in [4.78, 5) is 0. The fourth-order valence-electron chi connectivity index (χ4n) is 7.40. The Labute approximate surface area is 302 Å². The molecule has 1 aliphatic heterocycles. The van der Waals surface area contributed by atoms with Crippen LogP contribution in [0.5, 0.6) is 0 Å². The van der Waals surface area contributed by atoms with E-state index in [1.165, 1.54) is 0 Å². The standard InChI is InChI=1S/C19H44Si4.2C9H21Si.Ge/c1-16(2,3)22(13,17(4,5)6)20-15-21(20)23(14,18(7,8)9)19(10,11)12;2*1-8(2,3)10(7)9(4,5)6;/h15H2,1-14H3;2*1-7H3;. The Morgan fingerprint density at radius 2 is 0.500 bits per heavy atom. The Bertz CT molecular complexity index is 728. The van der Waals surface area contributed by atoms with Crippen molar-refractivity contribution in [1.82, 2.24) is 0 Å². The summed E-state index contributed by atoms with van der Waals surface area (Å²) in [7, 11) is -3.16. The van der Waals surface area contributed by atoms with Crippen molar-refractivity contribution in [2.45, 2.75) is 238 Å². The van der Waals surface area contributed by atoms with Gasteiger partial charge in [-0.15, -0.1) is 0 Å². The van der Waals surface area contributed by atoms with Crippen LogP contribution >= 0.6 is 0 Å². The number of hydrogen-bond donors (Lipinski definition) is 0. The normalized spacial score (nSPS) is 17.0. The fourth-order valence-corrected chi connectivity index (χ4v) is 93.4. The van der Waals surface area contributed by atoms with Crippen molar-refractivity contribution < 1.29 is 0 Å². The minimum absolute atomic E-state index is 0. The summed E-state index contributed by atoms with van der Waals surface area (Å²) in [6, 6.07) is 0. The molecular weight excluding hydrogens is 686 g/mol. The molecule has 0 aromatic carbocycles. The molecule has 0 amide bonds. The van der Waals surface area contributed by atoms with E-state index in [0.29, 0.717) is 40.3 Å². The predicted molar refractivity (Wildman–Crippen MR) is 226 cm³/mol. The molecule has 0 bridgehead atoms. The Hall–Kier alpha value is 1.84. The summed E-state index contributed by atoms with van der Waals surface area (Å²) in [6.45, 7) is 69.6. The van der Waals surface area contributed by atoms with Gasteiger partial charge in [0, 0.05) is 48.4 Å². The van der Waals surface area contributed by atoms with Gasteiger partial charge in [0.05, 0.1) is 17.6 Å². The van der Waals surface area contributed by atoms with Crippen LogP contribution in [0.3, 0.4) is 0 Å². The van der Waals surface area contributed by atoms with Crippen molar-refractivity contribution in [3.05, 3.63) is 0 Å². The predicted octanol–water partition coefficient (Wildman–Crippen LogP) is 14.2. The SMILES string of the molecule is CC(C)(C)[Si](C)([Si]1C[Si]1[Si](C)(C(C)(C)C)C(C)(C)C)C(C)(C)C.C[Si](C(C)(C)C)C(C)(C)C.C[Si](C(C)(C)C)C(C)(C)C.[Ge]. The van der Waals surface area contributed by atoms with Gasteiger partial charge in [0.2, 0.25) is 0 Å². The van der Waals surface area contributed by atoms with Gasteiger partial charge in [-0.05, 0) is 40.3 Å². The van der Waals surface area contributed by atoms with E-state index in [9.17, 15) is 0 Å².